The topological polar surface area (TPSA) is 55.6 Å². The second-order valence-corrected chi connectivity index (χ2v) is 6.62. The first-order valence-corrected chi connectivity index (χ1v) is 8.48. The van der Waals surface area contributed by atoms with Gasteiger partial charge in [-0.25, -0.2) is 4.98 Å². The van der Waals surface area contributed by atoms with Gasteiger partial charge in [0.05, 0.1) is 17.3 Å². The average Bonchev–Trinajstić information content (AvgIpc) is 2.95. The van der Waals surface area contributed by atoms with E-state index in [1.54, 1.807) is 24.3 Å². The zero-order chi connectivity index (χ0) is 17.1. The summed E-state index contributed by atoms with van der Waals surface area (Å²) >= 11 is 9.44. The lowest BCUT2D eigenvalue weighted by molar-refractivity contribution is -0.123. The van der Waals surface area contributed by atoms with Gasteiger partial charge < -0.3 is 14.5 Å². The molecule has 1 N–H and O–H groups in total. The Balaban J connectivity index is 1.58. The van der Waals surface area contributed by atoms with Crippen LogP contribution in [0.3, 0.4) is 0 Å². The number of amides is 1. The van der Waals surface area contributed by atoms with Gasteiger partial charge in [-0.15, -0.1) is 0 Å². The molecule has 2 heterocycles. The van der Waals surface area contributed by atoms with Gasteiger partial charge in [0.25, 0.3) is 5.91 Å². The molecule has 0 aliphatic heterocycles. The third-order valence-electron chi connectivity index (χ3n) is 3.41. The molecule has 0 unspecified atom stereocenters. The molecule has 0 radical (unpaired) electrons. The Labute approximate surface area is 152 Å². The lowest BCUT2D eigenvalue weighted by Crippen LogP contribution is -2.28. The van der Waals surface area contributed by atoms with Crippen molar-refractivity contribution in [2.45, 2.75) is 13.5 Å². The molecule has 1 amide bonds. The van der Waals surface area contributed by atoms with E-state index in [1.807, 2.05) is 29.8 Å². The molecule has 0 atom stereocenters. The van der Waals surface area contributed by atoms with E-state index in [-0.39, 0.29) is 12.5 Å². The SMILES string of the molecule is Cc1cc(Br)cn2cc(CNC(=O)COc3ccccc3Cl)nc12. The van der Waals surface area contributed by atoms with Gasteiger partial charge in [-0.1, -0.05) is 23.7 Å². The molecule has 0 saturated carbocycles. The minimum atomic E-state index is -0.232. The van der Waals surface area contributed by atoms with Crippen LogP contribution in [0.1, 0.15) is 11.3 Å². The molecule has 2 aromatic heterocycles. The summed E-state index contributed by atoms with van der Waals surface area (Å²) in [5.41, 5.74) is 2.71. The summed E-state index contributed by atoms with van der Waals surface area (Å²) in [5, 5.41) is 3.27. The fourth-order valence-electron chi connectivity index (χ4n) is 2.31. The number of nitrogens with one attached hydrogen (secondary N) is 1. The van der Waals surface area contributed by atoms with Crippen molar-refractivity contribution >= 4 is 39.1 Å². The fourth-order valence-corrected chi connectivity index (χ4v) is 3.06. The summed E-state index contributed by atoms with van der Waals surface area (Å²) in [6, 6.07) is 9.04. The number of hydrogen-bond donors (Lipinski definition) is 1. The molecule has 0 spiro atoms. The number of benzene rings is 1. The van der Waals surface area contributed by atoms with E-state index in [0.29, 0.717) is 17.3 Å². The van der Waals surface area contributed by atoms with Gasteiger partial charge in [-0.05, 0) is 46.6 Å². The smallest absolute Gasteiger partial charge is 0.258 e. The van der Waals surface area contributed by atoms with E-state index < -0.39 is 0 Å². The highest BCUT2D eigenvalue weighted by atomic mass is 79.9. The average molecular weight is 409 g/mol. The lowest BCUT2D eigenvalue weighted by atomic mass is 10.3. The number of aryl methyl sites for hydroxylation is 1. The van der Waals surface area contributed by atoms with Crippen LogP contribution in [0, 0.1) is 6.92 Å². The zero-order valence-electron chi connectivity index (χ0n) is 12.9. The number of carbonyl (C=O) groups excluding carboxylic acids is 1. The van der Waals surface area contributed by atoms with E-state index in [0.717, 1.165) is 21.4 Å². The monoisotopic (exact) mass is 407 g/mol. The number of halogens is 2. The number of fused-ring (bicyclic) bond motifs is 1. The number of ether oxygens (including phenoxy) is 1. The second-order valence-electron chi connectivity index (χ2n) is 5.30. The first-order valence-electron chi connectivity index (χ1n) is 7.30. The molecule has 5 nitrogen and oxygen atoms in total. The lowest BCUT2D eigenvalue weighted by Gasteiger charge is -2.07. The van der Waals surface area contributed by atoms with Gasteiger partial charge in [-0.2, -0.15) is 0 Å². The third-order valence-corrected chi connectivity index (χ3v) is 4.16. The third kappa shape index (κ3) is 3.88. The zero-order valence-corrected chi connectivity index (χ0v) is 15.3. The molecule has 24 heavy (non-hydrogen) atoms. The van der Waals surface area contributed by atoms with Crippen molar-refractivity contribution < 1.29 is 9.53 Å². The molecule has 0 bridgehead atoms. The number of imidazole rings is 1. The van der Waals surface area contributed by atoms with Crippen molar-refractivity contribution in [3.05, 3.63) is 63.5 Å². The maximum Gasteiger partial charge on any atom is 0.258 e. The highest BCUT2D eigenvalue weighted by Crippen LogP contribution is 2.22. The standard InChI is InChI=1S/C17H15BrClN3O2/c1-11-6-12(18)8-22-9-13(21-17(11)22)7-20-16(23)10-24-15-5-3-2-4-14(15)19/h2-6,8-9H,7,10H2,1H3,(H,20,23). The van der Waals surface area contributed by atoms with E-state index in [4.69, 9.17) is 16.3 Å². The van der Waals surface area contributed by atoms with Gasteiger partial charge in [0.2, 0.25) is 0 Å². The first-order chi connectivity index (χ1) is 11.5. The van der Waals surface area contributed by atoms with Crippen LogP contribution in [0.2, 0.25) is 5.02 Å². The van der Waals surface area contributed by atoms with Gasteiger partial charge in [0.1, 0.15) is 11.4 Å². The quantitative estimate of drug-likeness (QED) is 0.699. The van der Waals surface area contributed by atoms with Crippen LogP contribution in [0.4, 0.5) is 0 Å². The molecular weight excluding hydrogens is 394 g/mol. The Hall–Kier alpha value is -2.05. The molecule has 0 aliphatic carbocycles. The van der Waals surface area contributed by atoms with Crippen molar-refractivity contribution in [3.8, 4) is 5.75 Å². The largest absolute Gasteiger partial charge is 0.482 e. The van der Waals surface area contributed by atoms with Crippen molar-refractivity contribution in [3.63, 3.8) is 0 Å². The van der Waals surface area contributed by atoms with Crippen LogP contribution in [0.25, 0.3) is 5.65 Å². The van der Waals surface area contributed by atoms with Crippen molar-refractivity contribution in [1.29, 1.82) is 0 Å². The molecule has 0 saturated heterocycles. The minimum Gasteiger partial charge on any atom is -0.482 e. The van der Waals surface area contributed by atoms with Crippen molar-refractivity contribution in [2.24, 2.45) is 0 Å². The molecule has 0 aliphatic rings. The minimum absolute atomic E-state index is 0.0956. The number of para-hydroxylation sites is 1. The molecule has 7 heteroatoms. The van der Waals surface area contributed by atoms with Crippen LogP contribution < -0.4 is 10.1 Å². The van der Waals surface area contributed by atoms with Crippen molar-refractivity contribution in [2.75, 3.05) is 6.61 Å². The highest BCUT2D eigenvalue weighted by Gasteiger charge is 2.08. The molecule has 0 fully saturated rings. The summed E-state index contributed by atoms with van der Waals surface area (Å²) in [6.07, 6.45) is 3.82. The molecule has 1 aromatic carbocycles. The predicted octanol–water partition coefficient (Wildman–Crippen LogP) is 3.75. The van der Waals surface area contributed by atoms with Crippen LogP contribution >= 0.6 is 27.5 Å². The Morgan fingerprint density at radius 1 is 1.38 bits per heavy atom. The Kier molecular flexibility index (Phi) is 5.06. The molecule has 3 aromatic rings. The van der Waals surface area contributed by atoms with E-state index in [9.17, 15) is 4.79 Å². The van der Waals surface area contributed by atoms with E-state index >= 15 is 0 Å². The number of hydrogen-bond acceptors (Lipinski definition) is 3. The van der Waals surface area contributed by atoms with Crippen LogP contribution in [0.15, 0.2) is 47.2 Å². The summed E-state index contributed by atoms with van der Waals surface area (Å²) in [6.45, 7) is 2.23. The summed E-state index contributed by atoms with van der Waals surface area (Å²) in [5.74, 6) is 0.257. The molecule has 124 valence electrons. The Morgan fingerprint density at radius 3 is 2.96 bits per heavy atom. The van der Waals surface area contributed by atoms with Gasteiger partial charge in [0.15, 0.2) is 6.61 Å². The maximum atomic E-state index is 11.9. The summed E-state index contributed by atoms with van der Waals surface area (Å²) in [7, 11) is 0. The fraction of sp³-hybridized carbons (Fsp3) is 0.176. The van der Waals surface area contributed by atoms with E-state index in [1.165, 1.54) is 0 Å². The van der Waals surface area contributed by atoms with Crippen LogP contribution in [0.5, 0.6) is 5.75 Å². The van der Waals surface area contributed by atoms with Gasteiger partial charge in [0, 0.05) is 16.9 Å². The predicted molar refractivity (Wildman–Crippen MR) is 96.4 cm³/mol. The summed E-state index contributed by atoms with van der Waals surface area (Å²) in [4.78, 5) is 16.4. The molecule has 3 rings (SSSR count). The normalized spacial score (nSPS) is 10.8. The number of aromatic nitrogens is 2. The van der Waals surface area contributed by atoms with Crippen molar-refractivity contribution in [1.82, 2.24) is 14.7 Å². The number of pyridine rings is 1. The number of nitrogens with zero attached hydrogens (tertiary/aromatic N) is 2. The second kappa shape index (κ2) is 7.23. The Morgan fingerprint density at radius 2 is 2.17 bits per heavy atom. The van der Waals surface area contributed by atoms with Crippen LogP contribution in [-0.4, -0.2) is 21.9 Å². The number of rotatable bonds is 5. The highest BCUT2D eigenvalue weighted by molar-refractivity contribution is 9.10. The Bertz CT molecular complexity index is 895. The van der Waals surface area contributed by atoms with Crippen LogP contribution in [-0.2, 0) is 11.3 Å². The van der Waals surface area contributed by atoms with E-state index in [2.05, 4.69) is 26.2 Å². The van der Waals surface area contributed by atoms with Gasteiger partial charge >= 0.3 is 0 Å². The maximum absolute atomic E-state index is 11.9. The van der Waals surface area contributed by atoms with Gasteiger partial charge in [-0.3, -0.25) is 4.79 Å². The molecular formula is C17H15BrClN3O2. The first kappa shape index (κ1) is 16.8. The summed E-state index contributed by atoms with van der Waals surface area (Å²) < 4.78 is 8.32. The number of carbonyl (C=O) groups is 1.